The van der Waals surface area contributed by atoms with Crippen molar-refractivity contribution < 1.29 is 0 Å². The van der Waals surface area contributed by atoms with Crippen LogP contribution in [0.15, 0.2) is 0 Å². The summed E-state index contributed by atoms with van der Waals surface area (Å²) in [5, 5.41) is 0. The molecule has 6 atom stereocenters. The molecule has 4 aliphatic rings. The van der Waals surface area contributed by atoms with Crippen molar-refractivity contribution >= 4 is 0 Å². The molecule has 4 aliphatic carbocycles. The van der Waals surface area contributed by atoms with Crippen molar-refractivity contribution in [1.82, 2.24) is 0 Å². The number of hydrogen-bond acceptors (Lipinski definition) is 0. The molecule has 4 saturated carbocycles. The van der Waals surface area contributed by atoms with Gasteiger partial charge in [0.15, 0.2) is 0 Å². The highest BCUT2D eigenvalue weighted by Gasteiger charge is 2.46. The van der Waals surface area contributed by atoms with Gasteiger partial charge in [-0.15, -0.1) is 0 Å². The van der Waals surface area contributed by atoms with E-state index in [4.69, 9.17) is 0 Å². The summed E-state index contributed by atoms with van der Waals surface area (Å²) in [6.07, 6.45) is 17.5. The lowest BCUT2D eigenvalue weighted by Gasteiger charge is -2.41. The van der Waals surface area contributed by atoms with E-state index in [9.17, 15) is 0 Å². The molecule has 0 aromatic heterocycles. The first-order valence-electron chi connectivity index (χ1n) is 8.42. The van der Waals surface area contributed by atoms with Crippen molar-refractivity contribution in [3.05, 3.63) is 0 Å². The smallest absolute Gasteiger partial charge is 0.0352 e. The Bertz CT molecular complexity index is 282. The molecule has 6 unspecified atom stereocenters. The standard InChI is InChI=1S/C17H28/c1-4-12-5-3-9-16(12)17-11-14-7-2-6-13(14)10-15(17)8-1/h12-17H,1-11H2. The molecule has 0 aromatic rings. The van der Waals surface area contributed by atoms with E-state index < -0.39 is 0 Å². The summed E-state index contributed by atoms with van der Waals surface area (Å²) < 4.78 is 0. The highest BCUT2D eigenvalue weighted by atomic mass is 14.5. The summed E-state index contributed by atoms with van der Waals surface area (Å²) >= 11 is 0. The van der Waals surface area contributed by atoms with E-state index in [1.807, 2.05) is 0 Å². The van der Waals surface area contributed by atoms with Crippen molar-refractivity contribution in [2.75, 3.05) is 0 Å². The van der Waals surface area contributed by atoms with Gasteiger partial charge in [0.1, 0.15) is 0 Å². The molecule has 0 aliphatic heterocycles. The minimum atomic E-state index is 1.16. The highest BCUT2D eigenvalue weighted by molar-refractivity contribution is 4.96. The zero-order valence-electron chi connectivity index (χ0n) is 11.2. The Morgan fingerprint density at radius 1 is 0.412 bits per heavy atom. The molecule has 0 saturated heterocycles. The average Bonchev–Trinajstić information content (AvgIpc) is 2.93. The Labute approximate surface area is 107 Å². The molecular weight excluding hydrogens is 204 g/mol. The Kier molecular flexibility index (Phi) is 2.74. The first kappa shape index (κ1) is 10.9. The lowest BCUT2D eigenvalue weighted by Crippen LogP contribution is -2.33. The maximum atomic E-state index is 1.65. The minimum absolute atomic E-state index is 1.16. The maximum Gasteiger partial charge on any atom is -0.0352 e. The van der Waals surface area contributed by atoms with Crippen molar-refractivity contribution in [2.45, 2.75) is 70.6 Å². The summed E-state index contributed by atoms with van der Waals surface area (Å²) in [4.78, 5) is 0. The fraction of sp³-hybridized carbons (Fsp3) is 1.00. The van der Waals surface area contributed by atoms with Crippen LogP contribution in [0, 0.1) is 35.5 Å². The van der Waals surface area contributed by atoms with Crippen LogP contribution in [0.25, 0.3) is 0 Å². The summed E-state index contributed by atoms with van der Waals surface area (Å²) in [6.45, 7) is 0. The Morgan fingerprint density at radius 2 is 1.00 bits per heavy atom. The van der Waals surface area contributed by atoms with Gasteiger partial charge in [-0.3, -0.25) is 0 Å². The Balaban J connectivity index is 1.57. The van der Waals surface area contributed by atoms with Crippen LogP contribution < -0.4 is 0 Å². The third kappa shape index (κ3) is 1.78. The lowest BCUT2D eigenvalue weighted by atomic mass is 9.64. The van der Waals surface area contributed by atoms with Crippen LogP contribution in [0.2, 0.25) is 0 Å². The molecule has 0 bridgehead atoms. The van der Waals surface area contributed by atoms with Crippen LogP contribution >= 0.6 is 0 Å². The number of fused-ring (bicyclic) bond motifs is 4. The van der Waals surface area contributed by atoms with Gasteiger partial charge in [-0.1, -0.05) is 51.4 Å². The predicted molar refractivity (Wildman–Crippen MR) is 71.7 cm³/mol. The topological polar surface area (TPSA) is 0 Å². The van der Waals surface area contributed by atoms with Crippen LogP contribution in [-0.4, -0.2) is 0 Å². The molecule has 0 spiro atoms. The molecular formula is C17H28. The fourth-order valence-corrected chi connectivity index (χ4v) is 6.33. The van der Waals surface area contributed by atoms with Gasteiger partial charge in [0.05, 0.1) is 0 Å². The molecule has 4 fully saturated rings. The van der Waals surface area contributed by atoms with Gasteiger partial charge in [0.25, 0.3) is 0 Å². The van der Waals surface area contributed by atoms with E-state index in [1.54, 1.807) is 70.6 Å². The van der Waals surface area contributed by atoms with Gasteiger partial charge in [0.2, 0.25) is 0 Å². The predicted octanol–water partition coefficient (Wildman–Crippen LogP) is 5.03. The van der Waals surface area contributed by atoms with Gasteiger partial charge in [-0.05, 0) is 54.8 Å². The van der Waals surface area contributed by atoms with Gasteiger partial charge in [0, 0.05) is 0 Å². The highest BCUT2D eigenvalue weighted by Crippen LogP contribution is 2.56. The minimum Gasteiger partial charge on any atom is -0.0528 e. The SMILES string of the molecule is C1CC2CC3CCCC4CCCC4C3CC2C1. The van der Waals surface area contributed by atoms with E-state index in [1.165, 1.54) is 11.8 Å². The molecule has 96 valence electrons. The normalized spacial score (nSPS) is 53.6. The van der Waals surface area contributed by atoms with Crippen LogP contribution in [0.3, 0.4) is 0 Å². The first-order chi connectivity index (χ1) is 8.42. The summed E-state index contributed by atoms with van der Waals surface area (Å²) in [6, 6.07) is 0. The largest absolute Gasteiger partial charge is 0.0528 e. The van der Waals surface area contributed by atoms with Gasteiger partial charge in [-0.2, -0.15) is 0 Å². The van der Waals surface area contributed by atoms with Gasteiger partial charge >= 0.3 is 0 Å². The number of hydrogen-bond donors (Lipinski definition) is 0. The van der Waals surface area contributed by atoms with Crippen LogP contribution in [0.1, 0.15) is 70.6 Å². The van der Waals surface area contributed by atoms with E-state index >= 15 is 0 Å². The van der Waals surface area contributed by atoms with E-state index in [0.29, 0.717) is 0 Å². The van der Waals surface area contributed by atoms with Crippen LogP contribution in [0.5, 0.6) is 0 Å². The van der Waals surface area contributed by atoms with Crippen LogP contribution in [0.4, 0.5) is 0 Å². The molecule has 0 heterocycles. The zero-order chi connectivity index (χ0) is 11.2. The summed E-state index contributed by atoms with van der Waals surface area (Å²) in [7, 11) is 0. The second-order valence-electron chi connectivity index (χ2n) is 7.63. The molecule has 0 amide bonds. The molecule has 0 radical (unpaired) electrons. The average molecular weight is 232 g/mol. The summed E-state index contributed by atoms with van der Waals surface area (Å²) in [5.41, 5.74) is 0. The molecule has 4 rings (SSSR count). The Morgan fingerprint density at radius 3 is 1.82 bits per heavy atom. The molecule has 0 aromatic carbocycles. The second-order valence-corrected chi connectivity index (χ2v) is 7.63. The fourth-order valence-electron chi connectivity index (χ4n) is 6.33. The zero-order valence-corrected chi connectivity index (χ0v) is 11.2. The first-order valence-corrected chi connectivity index (χ1v) is 8.42. The molecule has 17 heavy (non-hydrogen) atoms. The van der Waals surface area contributed by atoms with Crippen LogP contribution in [-0.2, 0) is 0 Å². The van der Waals surface area contributed by atoms with E-state index in [-0.39, 0.29) is 0 Å². The Hall–Kier alpha value is 0. The quantitative estimate of drug-likeness (QED) is 0.549. The summed E-state index contributed by atoms with van der Waals surface area (Å²) in [5.74, 6) is 6.98. The maximum absolute atomic E-state index is 1.65. The second kappa shape index (κ2) is 4.28. The lowest BCUT2D eigenvalue weighted by molar-refractivity contribution is 0.0791. The van der Waals surface area contributed by atoms with Crippen molar-refractivity contribution in [3.63, 3.8) is 0 Å². The molecule has 0 N–H and O–H groups in total. The monoisotopic (exact) mass is 232 g/mol. The van der Waals surface area contributed by atoms with E-state index in [0.717, 1.165) is 23.7 Å². The van der Waals surface area contributed by atoms with E-state index in [2.05, 4.69) is 0 Å². The van der Waals surface area contributed by atoms with Crippen molar-refractivity contribution in [1.29, 1.82) is 0 Å². The third-order valence-corrected chi connectivity index (χ3v) is 7.02. The van der Waals surface area contributed by atoms with Crippen molar-refractivity contribution in [2.24, 2.45) is 35.5 Å². The van der Waals surface area contributed by atoms with Gasteiger partial charge < -0.3 is 0 Å². The third-order valence-electron chi connectivity index (χ3n) is 7.02. The molecule has 0 nitrogen and oxygen atoms in total. The van der Waals surface area contributed by atoms with Gasteiger partial charge in [-0.25, -0.2) is 0 Å². The molecule has 0 heteroatoms. The number of rotatable bonds is 0. The van der Waals surface area contributed by atoms with Crippen molar-refractivity contribution in [3.8, 4) is 0 Å².